The summed E-state index contributed by atoms with van der Waals surface area (Å²) in [5, 5.41) is 10.4. The van der Waals surface area contributed by atoms with Gasteiger partial charge in [-0.1, -0.05) is 19.6 Å². The number of ether oxygens (including phenoxy) is 1. The Labute approximate surface area is 90.0 Å². The minimum Gasteiger partial charge on any atom is -0.497 e. The molecule has 4 nitrogen and oxygen atoms in total. The first-order valence-electron chi connectivity index (χ1n) is 4.76. The monoisotopic (exact) mass is 225 g/mol. The highest BCUT2D eigenvalue weighted by atomic mass is 28.3. The number of hydrogen-bond donors (Lipinski definition) is 0. The molecule has 1 aromatic carbocycles. The molecule has 0 radical (unpaired) electrons. The molecule has 0 fully saturated rings. The van der Waals surface area contributed by atoms with Crippen molar-refractivity contribution in [1.82, 2.24) is 0 Å². The standard InChI is InChI=1S/C10H15NO3Si/c1-15(2,3)8-14-10-6-4-9(5-7-10)11(12)13/h4-7H,8H2,1-3H3. The van der Waals surface area contributed by atoms with E-state index in [1.807, 2.05) is 0 Å². The fourth-order valence-electron chi connectivity index (χ4n) is 0.964. The molecule has 0 aliphatic heterocycles. The third-order valence-electron chi connectivity index (χ3n) is 1.72. The number of nitro benzene ring substituents is 1. The fraction of sp³-hybridized carbons (Fsp3) is 0.400. The van der Waals surface area contributed by atoms with Crippen LogP contribution >= 0.6 is 0 Å². The summed E-state index contributed by atoms with van der Waals surface area (Å²) in [6.45, 7) is 6.62. The van der Waals surface area contributed by atoms with Gasteiger partial charge in [0.25, 0.3) is 5.69 Å². The maximum atomic E-state index is 10.4. The number of hydrogen-bond acceptors (Lipinski definition) is 3. The second-order valence-electron chi connectivity index (χ2n) is 4.60. The van der Waals surface area contributed by atoms with Crippen LogP contribution in [-0.2, 0) is 0 Å². The molecule has 0 unspecified atom stereocenters. The molecule has 15 heavy (non-hydrogen) atoms. The number of rotatable bonds is 4. The Bertz CT molecular complexity index is 343. The third kappa shape index (κ3) is 4.12. The van der Waals surface area contributed by atoms with Gasteiger partial charge in [0.05, 0.1) is 19.2 Å². The largest absolute Gasteiger partial charge is 0.497 e. The van der Waals surface area contributed by atoms with Crippen LogP contribution in [-0.4, -0.2) is 19.2 Å². The lowest BCUT2D eigenvalue weighted by Crippen LogP contribution is -2.29. The summed E-state index contributed by atoms with van der Waals surface area (Å²) in [5.74, 6) is 0.697. The van der Waals surface area contributed by atoms with E-state index in [4.69, 9.17) is 4.74 Å². The van der Waals surface area contributed by atoms with Gasteiger partial charge in [0, 0.05) is 12.1 Å². The van der Waals surface area contributed by atoms with E-state index in [0.717, 1.165) is 6.23 Å². The molecule has 0 saturated heterocycles. The zero-order valence-corrected chi connectivity index (χ0v) is 10.2. The van der Waals surface area contributed by atoms with E-state index in [0.29, 0.717) is 5.75 Å². The van der Waals surface area contributed by atoms with E-state index >= 15 is 0 Å². The van der Waals surface area contributed by atoms with Gasteiger partial charge >= 0.3 is 0 Å². The molecule has 0 saturated carbocycles. The summed E-state index contributed by atoms with van der Waals surface area (Å²) in [5.41, 5.74) is 0.0929. The predicted octanol–water partition coefficient (Wildman–Crippen LogP) is 2.85. The van der Waals surface area contributed by atoms with Crippen molar-refractivity contribution in [3.8, 4) is 5.75 Å². The number of nitro groups is 1. The van der Waals surface area contributed by atoms with E-state index in [-0.39, 0.29) is 5.69 Å². The highest BCUT2D eigenvalue weighted by Gasteiger charge is 2.14. The first-order valence-corrected chi connectivity index (χ1v) is 8.46. The Hall–Kier alpha value is -1.36. The lowest BCUT2D eigenvalue weighted by atomic mass is 10.3. The van der Waals surface area contributed by atoms with Gasteiger partial charge in [-0.3, -0.25) is 10.1 Å². The second-order valence-corrected chi connectivity index (χ2v) is 10.0. The highest BCUT2D eigenvalue weighted by Crippen LogP contribution is 2.18. The van der Waals surface area contributed by atoms with Crippen LogP contribution in [0.4, 0.5) is 5.69 Å². The van der Waals surface area contributed by atoms with E-state index in [9.17, 15) is 10.1 Å². The maximum Gasteiger partial charge on any atom is 0.269 e. The summed E-state index contributed by atoms with van der Waals surface area (Å²) in [4.78, 5) is 9.99. The van der Waals surface area contributed by atoms with Gasteiger partial charge in [0.15, 0.2) is 0 Å². The maximum absolute atomic E-state index is 10.4. The minimum atomic E-state index is -1.23. The Kier molecular flexibility index (Phi) is 3.46. The molecule has 0 aliphatic rings. The molecular formula is C10H15NO3Si. The Morgan fingerprint density at radius 1 is 1.27 bits per heavy atom. The molecule has 82 valence electrons. The predicted molar refractivity (Wildman–Crippen MR) is 61.9 cm³/mol. The Morgan fingerprint density at radius 2 is 1.80 bits per heavy atom. The summed E-state index contributed by atoms with van der Waals surface area (Å²) in [6, 6.07) is 6.19. The number of non-ortho nitro benzene ring substituents is 1. The van der Waals surface area contributed by atoms with Crippen LogP contribution in [0.5, 0.6) is 5.75 Å². The van der Waals surface area contributed by atoms with Gasteiger partial charge in [-0.2, -0.15) is 0 Å². The molecule has 1 aromatic rings. The van der Waals surface area contributed by atoms with Gasteiger partial charge in [-0.25, -0.2) is 0 Å². The minimum absolute atomic E-state index is 0.0929. The van der Waals surface area contributed by atoms with Crippen molar-refractivity contribution in [2.24, 2.45) is 0 Å². The van der Waals surface area contributed by atoms with Crippen molar-refractivity contribution < 1.29 is 9.66 Å². The van der Waals surface area contributed by atoms with E-state index in [1.165, 1.54) is 12.1 Å². The number of benzene rings is 1. The Morgan fingerprint density at radius 3 is 2.20 bits per heavy atom. The van der Waals surface area contributed by atoms with Gasteiger partial charge in [0.1, 0.15) is 5.75 Å². The average molecular weight is 225 g/mol. The van der Waals surface area contributed by atoms with Gasteiger partial charge < -0.3 is 4.74 Å². The van der Waals surface area contributed by atoms with Crippen LogP contribution in [0.1, 0.15) is 0 Å². The van der Waals surface area contributed by atoms with Crippen molar-refractivity contribution >= 4 is 13.8 Å². The van der Waals surface area contributed by atoms with Crippen molar-refractivity contribution in [2.75, 3.05) is 6.23 Å². The van der Waals surface area contributed by atoms with E-state index < -0.39 is 13.0 Å². The SMILES string of the molecule is C[Si](C)(C)COc1ccc([N+](=O)[O-])cc1. The van der Waals surface area contributed by atoms with Crippen molar-refractivity contribution in [3.05, 3.63) is 34.4 Å². The average Bonchev–Trinajstić information content (AvgIpc) is 2.14. The number of nitrogens with zero attached hydrogens (tertiary/aromatic N) is 1. The highest BCUT2D eigenvalue weighted by molar-refractivity contribution is 6.76. The topological polar surface area (TPSA) is 52.4 Å². The molecule has 0 amide bonds. The lowest BCUT2D eigenvalue weighted by Gasteiger charge is -2.16. The molecule has 0 bridgehead atoms. The van der Waals surface area contributed by atoms with Gasteiger partial charge in [-0.15, -0.1) is 0 Å². The summed E-state index contributed by atoms with van der Waals surface area (Å²) >= 11 is 0. The van der Waals surface area contributed by atoms with Crippen molar-refractivity contribution in [1.29, 1.82) is 0 Å². The third-order valence-corrected chi connectivity index (χ3v) is 2.73. The van der Waals surface area contributed by atoms with Crippen molar-refractivity contribution in [2.45, 2.75) is 19.6 Å². The normalized spacial score (nSPS) is 11.1. The molecular weight excluding hydrogens is 210 g/mol. The quantitative estimate of drug-likeness (QED) is 0.450. The zero-order valence-electron chi connectivity index (χ0n) is 9.19. The summed E-state index contributed by atoms with van der Waals surface area (Å²) in [6.07, 6.45) is 0.727. The van der Waals surface area contributed by atoms with Crippen LogP contribution in [0.15, 0.2) is 24.3 Å². The first kappa shape index (κ1) is 11.7. The van der Waals surface area contributed by atoms with Crippen LogP contribution in [0, 0.1) is 10.1 Å². The van der Waals surface area contributed by atoms with Crippen LogP contribution in [0.25, 0.3) is 0 Å². The Balaban J connectivity index is 2.61. The molecule has 0 atom stereocenters. The van der Waals surface area contributed by atoms with E-state index in [2.05, 4.69) is 19.6 Å². The van der Waals surface area contributed by atoms with E-state index in [1.54, 1.807) is 12.1 Å². The molecule has 5 heteroatoms. The van der Waals surface area contributed by atoms with Gasteiger partial charge in [-0.05, 0) is 12.1 Å². The summed E-state index contributed by atoms with van der Waals surface area (Å²) < 4.78 is 5.54. The van der Waals surface area contributed by atoms with Crippen molar-refractivity contribution in [3.63, 3.8) is 0 Å². The zero-order chi connectivity index (χ0) is 11.5. The molecule has 0 spiro atoms. The molecule has 0 heterocycles. The second kappa shape index (κ2) is 4.44. The molecule has 0 N–H and O–H groups in total. The van der Waals surface area contributed by atoms with Crippen LogP contribution in [0.3, 0.4) is 0 Å². The van der Waals surface area contributed by atoms with Crippen LogP contribution in [0.2, 0.25) is 19.6 Å². The van der Waals surface area contributed by atoms with Crippen LogP contribution < -0.4 is 4.74 Å². The van der Waals surface area contributed by atoms with Gasteiger partial charge in [0.2, 0.25) is 0 Å². The lowest BCUT2D eigenvalue weighted by molar-refractivity contribution is -0.384. The summed E-state index contributed by atoms with van der Waals surface area (Å²) in [7, 11) is -1.23. The molecule has 0 aliphatic carbocycles. The molecule has 0 aromatic heterocycles. The first-order chi connectivity index (χ1) is 6.88. The molecule has 1 rings (SSSR count). The fourth-order valence-corrected chi connectivity index (χ4v) is 1.56. The smallest absolute Gasteiger partial charge is 0.269 e.